The number of carbonyl (C=O) groups excluding carboxylic acids is 1. The van der Waals surface area contributed by atoms with E-state index in [-0.39, 0.29) is 22.7 Å². The number of halogens is 3. The van der Waals surface area contributed by atoms with Crippen LogP contribution in [0, 0.1) is 30.3 Å². The van der Waals surface area contributed by atoms with Gasteiger partial charge in [-0.2, -0.15) is 0 Å². The van der Waals surface area contributed by atoms with Gasteiger partial charge in [0.25, 0.3) is 0 Å². The second-order valence-electron chi connectivity index (χ2n) is 10.5. The first kappa shape index (κ1) is 26.1. The van der Waals surface area contributed by atoms with Gasteiger partial charge >= 0.3 is 0 Å². The van der Waals surface area contributed by atoms with Crippen molar-refractivity contribution >= 4 is 21.6 Å². The molecular weight excluding hydrogens is 465 g/mol. The molecule has 1 amide bonds. The second kappa shape index (κ2) is 8.59. The molecule has 1 fully saturated rings. The van der Waals surface area contributed by atoms with Crippen LogP contribution in [-0.2, 0) is 25.6 Å². The summed E-state index contributed by atoms with van der Waals surface area (Å²) in [5.41, 5.74) is -0.156. The summed E-state index contributed by atoms with van der Waals surface area (Å²) in [7, 11) is -3.57. The Morgan fingerprint density at radius 3 is 2.15 bits per heavy atom. The zero-order chi connectivity index (χ0) is 25.8. The highest BCUT2D eigenvalue weighted by Crippen LogP contribution is 2.55. The first-order valence-electron chi connectivity index (χ1n) is 11.0. The Kier molecular flexibility index (Phi) is 6.58. The van der Waals surface area contributed by atoms with Crippen molar-refractivity contribution in [3.8, 4) is 0 Å². The molecule has 0 saturated heterocycles. The Morgan fingerprint density at radius 2 is 1.65 bits per heavy atom. The highest BCUT2D eigenvalue weighted by atomic mass is 32.2. The van der Waals surface area contributed by atoms with Gasteiger partial charge in [0.1, 0.15) is 17.5 Å². The number of aryl methyl sites for hydroxylation is 1. The zero-order valence-corrected chi connectivity index (χ0v) is 21.3. The topological polar surface area (TPSA) is 75.3 Å². The third kappa shape index (κ3) is 5.24. The number of anilines is 1. The van der Waals surface area contributed by atoms with Gasteiger partial charge in [0.15, 0.2) is 0 Å². The Bertz CT molecular complexity index is 1230. The standard InChI is InChI=1S/C25H31F3N2O3S/c1-13-8-16(18(26)11-21(13)30-34(7,32)33)14(2)29-23(31)17-12-25(17,6)15-9-19(27)22(20(28)10-15)24(3,4)5/h8-11,14,17,30H,12H2,1-7H3,(H,29,31). The van der Waals surface area contributed by atoms with Crippen molar-refractivity contribution in [2.24, 2.45) is 5.92 Å². The lowest BCUT2D eigenvalue weighted by atomic mass is 9.83. The number of nitrogens with one attached hydrogen (secondary N) is 2. The molecule has 0 bridgehead atoms. The molecule has 0 heterocycles. The normalized spacial score (nSPS) is 21.2. The summed E-state index contributed by atoms with van der Waals surface area (Å²) in [5.74, 6) is -2.78. The van der Waals surface area contributed by atoms with Gasteiger partial charge in [0.05, 0.1) is 18.0 Å². The number of sulfonamides is 1. The van der Waals surface area contributed by atoms with Gasteiger partial charge in [-0.3, -0.25) is 9.52 Å². The summed E-state index contributed by atoms with van der Waals surface area (Å²) in [6.45, 7) is 10.2. The van der Waals surface area contributed by atoms with Crippen molar-refractivity contribution in [3.63, 3.8) is 0 Å². The average Bonchev–Trinajstić information content (AvgIpc) is 3.34. The summed E-state index contributed by atoms with van der Waals surface area (Å²) in [4.78, 5) is 12.9. The lowest BCUT2D eigenvalue weighted by Gasteiger charge is -2.23. The van der Waals surface area contributed by atoms with Crippen LogP contribution in [0.4, 0.5) is 18.9 Å². The monoisotopic (exact) mass is 496 g/mol. The molecule has 0 spiro atoms. The van der Waals surface area contributed by atoms with Gasteiger partial charge in [-0.15, -0.1) is 0 Å². The summed E-state index contributed by atoms with van der Waals surface area (Å²) in [5, 5.41) is 2.78. The minimum Gasteiger partial charge on any atom is -0.349 e. The van der Waals surface area contributed by atoms with Crippen molar-refractivity contribution < 1.29 is 26.4 Å². The van der Waals surface area contributed by atoms with Crippen LogP contribution in [0.1, 0.15) is 69.3 Å². The molecule has 186 valence electrons. The quantitative estimate of drug-likeness (QED) is 0.575. The zero-order valence-electron chi connectivity index (χ0n) is 20.4. The van der Waals surface area contributed by atoms with Gasteiger partial charge in [-0.25, -0.2) is 21.6 Å². The van der Waals surface area contributed by atoms with Crippen LogP contribution < -0.4 is 10.0 Å². The molecule has 0 aromatic heterocycles. The van der Waals surface area contributed by atoms with Crippen LogP contribution in [0.3, 0.4) is 0 Å². The maximum absolute atomic E-state index is 14.7. The fourth-order valence-corrected chi connectivity index (χ4v) is 5.04. The molecule has 3 rings (SSSR count). The predicted molar refractivity (Wildman–Crippen MR) is 127 cm³/mol. The number of hydrogen-bond donors (Lipinski definition) is 2. The number of rotatable bonds is 6. The summed E-state index contributed by atoms with van der Waals surface area (Å²) < 4.78 is 69.3. The van der Waals surface area contributed by atoms with Crippen molar-refractivity contribution in [3.05, 3.63) is 64.0 Å². The minimum atomic E-state index is -3.57. The molecule has 9 heteroatoms. The van der Waals surface area contributed by atoms with Gasteiger partial charge in [-0.05, 0) is 61.1 Å². The molecule has 1 saturated carbocycles. The van der Waals surface area contributed by atoms with Gasteiger partial charge in [-0.1, -0.05) is 27.7 Å². The Balaban J connectivity index is 1.77. The number of carbonyl (C=O) groups is 1. The molecular formula is C25H31F3N2O3S. The number of benzene rings is 2. The van der Waals surface area contributed by atoms with Crippen LogP contribution in [0.15, 0.2) is 24.3 Å². The highest BCUT2D eigenvalue weighted by Gasteiger charge is 2.56. The fraction of sp³-hybridized carbons (Fsp3) is 0.480. The molecule has 2 aromatic carbocycles. The molecule has 1 aliphatic carbocycles. The second-order valence-corrected chi connectivity index (χ2v) is 12.3. The predicted octanol–water partition coefficient (Wildman–Crippen LogP) is 5.24. The molecule has 0 aliphatic heterocycles. The van der Waals surface area contributed by atoms with Crippen LogP contribution in [-0.4, -0.2) is 20.6 Å². The van der Waals surface area contributed by atoms with E-state index in [9.17, 15) is 26.4 Å². The Morgan fingerprint density at radius 1 is 1.09 bits per heavy atom. The van der Waals surface area contributed by atoms with Crippen molar-refractivity contribution in [1.29, 1.82) is 0 Å². The van der Waals surface area contributed by atoms with E-state index in [2.05, 4.69) is 10.0 Å². The van der Waals surface area contributed by atoms with Gasteiger partial charge in [0.2, 0.25) is 15.9 Å². The van der Waals surface area contributed by atoms with E-state index >= 15 is 0 Å². The van der Waals surface area contributed by atoms with E-state index in [1.807, 2.05) is 0 Å². The molecule has 1 aliphatic rings. The van der Waals surface area contributed by atoms with Crippen LogP contribution >= 0.6 is 0 Å². The van der Waals surface area contributed by atoms with E-state index in [1.54, 1.807) is 41.5 Å². The molecule has 5 nitrogen and oxygen atoms in total. The van der Waals surface area contributed by atoms with Gasteiger partial charge in [0, 0.05) is 22.5 Å². The van der Waals surface area contributed by atoms with Gasteiger partial charge < -0.3 is 5.32 Å². The lowest BCUT2D eigenvalue weighted by molar-refractivity contribution is -0.123. The molecule has 2 aromatic rings. The van der Waals surface area contributed by atoms with Crippen molar-refractivity contribution in [2.45, 2.75) is 64.8 Å². The Hall–Kier alpha value is -2.55. The highest BCUT2D eigenvalue weighted by molar-refractivity contribution is 7.92. The van der Waals surface area contributed by atoms with Crippen molar-refractivity contribution in [1.82, 2.24) is 5.32 Å². The molecule has 2 N–H and O–H groups in total. The average molecular weight is 497 g/mol. The van der Waals surface area contributed by atoms with E-state index in [0.29, 0.717) is 17.5 Å². The van der Waals surface area contributed by atoms with Crippen molar-refractivity contribution in [2.75, 3.05) is 11.0 Å². The van der Waals surface area contributed by atoms with Crippen LogP contribution in [0.25, 0.3) is 0 Å². The van der Waals surface area contributed by atoms with Crippen LogP contribution in [0.2, 0.25) is 0 Å². The number of hydrogen-bond acceptors (Lipinski definition) is 3. The molecule has 3 atom stereocenters. The fourth-order valence-electron chi connectivity index (χ4n) is 4.42. The number of amides is 1. The third-order valence-corrected chi connectivity index (χ3v) is 7.06. The lowest BCUT2D eigenvalue weighted by Crippen LogP contribution is -2.31. The summed E-state index contributed by atoms with van der Waals surface area (Å²) in [6.07, 6.45) is 1.39. The Labute approximate surface area is 199 Å². The SMILES string of the molecule is Cc1cc(C(C)NC(=O)C2CC2(C)c2cc(F)c(C(C)(C)C)c(F)c2)c(F)cc1NS(C)(=O)=O. The first-order chi connectivity index (χ1) is 15.4. The molecule has 3 unspecified atom stereocenters. The van der Waals surface area contributed by atoms with E-state index < -0.39 is 50.3 Å². The smallest absolute Gasteiger partial charge is 0.229 e. The molecule has 0 radical (unpaired) electrons. The summed E-state index contributed by atoms with van der Waals surface area (Å²) >= 11 is 0. The maximum Gasteiger partial charge on any atom is 0.229 e. The van der Waals surface area contributed by atoms with E-state index in [4.69, 9.17) is 0 Å². The molecule has 34 heavy (non-hydrogen) atoms. The maximum atomic E-state index is 14.7. The minimum absolute atomic E-state index is 0.00905. The van der Waals surface area contributed by atoms with E-state index in [0.717, 1.165) is 12.3 Å². The van der Waals surface area contributed by atoms with E-state index in [1.165, 1.54) is 18.2 Å². The van der Waals surface area contributed by atoms with Crippen LogP contribution in [0.5, 0.6) is 0 Å². The summed E-state index contributed by atoms with van der Waals surface area (Å²) in [6, 6.07) is 4.47. The largest absolute Gasteiger partial charge is 0.349 e. The first-order valence-corrected chi connectivity index (χ1v) is 12.9. The third-order valence-electron chi connectivity index (χ3n) is 6.47.